The zero-order valence-electron chi connectivity index (χ0n) is 11.1. The molecule has 1 aromatic heterocycles. The maximum Gasteiger partial charge on any atom is 0.215 e. The van der Waals surface area contributed by atoms with Crippen molar-refractivity contribution in [1.82, 2.24) is 4.98 Å². The van der Waals surface area contributed by atoms with Crippen LogP contribution in [0.3, 0.4) is 0 Å². The van der Waals surface area contributed by atoms with Gasteiger partial charge in [-0.1, -0.05) is 13.3 Å². The molecule has 1 fully saturated rings. The van der Waals surface area contributed by atoms with Crippen molar-refractivity contribution >= 4 is 0 Å². The number of nitriles is 1. The zero-order chi connectivity index (χ0) is 13.0. The monoisotopic (exact) mass is 244 g/mol. The Balaban J connectivity index is 2.12. The van der Waals surface area contributed by atoms with Crippen LogP contribution in [0.1, 0.15) is 50.3 Å². The minimum absolute atomic E-state index is 0.268. The summed E-state index contributed by atoms with van der Waals surface area (Å²) in [6, 6.07) is 5.68. The molecule has 0 bridgehead atoms. The van der Waals surface area contributed by atoms with E-state index in [0.29, 0.717) is 17.4 Å². The number of rotatable bonds is 3. The summed E-state index contributed by atoms with van der Waals surface area (Å²) >= 11 is 0. The van der Waals surface area contributed by atoms with E-state index in [4.69, 9.17) is 10.00 Å². The first-order valence-corrected chi connectivity index (χ1v) is 6.78. The number of hydrogen-bond donors (Lipinski definition) is 0. The van der Waals surface area contributed by atoms with E-state index in [9.17, 15) is 0 Å². The van der Waals surface area contributed by atoms with Gasteiger partial charge in [0, 0.05) is 11.8 Å². The summed E-state index contributed by atoms with van der Waals surface area (Å²) in [5, 5.41) is 8.96. The fourth-order valence-corrected chi connectivity index (χ4v) is 2.71. The average molecular weight is 244 g/mol. The molecule has 0 N–H and O–H groups in total. The molecule has 3 nitrogen and oxygen atoms in total. The third-order valence-electron chi connectivity index (χ3n) is 3.69. The van der Waals surface area contributed by atoms with Gasteiger partial charge < -0.3 is 4.74 Å². The number of aryl methyl sites for hydroxylation is 1. The van der Waals surface area contributed by atoms with Crippen molar-refractivity contribution in [3.05, 3.63) is 23.4 Å². The van der Waals surface area contributed by atoms with Gasteiger partial charge in [-0.25, -0.2) is 4.98 Å². The Morgan fingerprint density at radius 2 is 2.17 bits per heavy atom. The van der Waals surface area contributed by atoms with Gasteiger partial charge in [0.2, 0.25) is 5.88 Å². The van der Waals surface area contributed by atoms with Crippen LogP contribution in [0.15, 0.2) is 12.1 Å². The number of nitrogens with zero attached hydrogens (tertiary/aromatic N) is 2. The SMILES string of the molecule is CCC1CCCCC1Oc1cc(C#N)cc(C)n1. The quantitative estimate of drug-likeness (QED) is 0.816. The lowest BCUT2D eigenvalue weighted by Crippen LogP contribution is -2.30. The largest absolute Gasteiger partial charge is 0.474 e. The molecule has 0 spiro atoms. The molecule has 1 aromatic rings. The fraction of sp³-hybridized carbons (Fsp3) is 0.600. The van der Waals surface area contributed by atoms with E-state index in [1.807, 2.05) is 6.92 Å². The highest BCUT2D eigenvalue weighted by atomic mass is 16.5. The van der Waals surface area contributed by atoms with Crippen molar-refractivity contribution in [3.8, 4) is 11.9 Å². The van der Waals surface area contributed by atoms with Crippen molar-refractivity contribution in [2.75, 3.05) is 0 Å². The Morgan fingerprint density at radius 3 is 2.89 bits per heavy atom. The van der Waals surface area contributed by atoms with Gasteiger partial charge in [0.05, 0.1) is 11.6 Å². The molecule has 1 saturated carbocycles. The molecule has 96 valence electrons. The number of ether oxygens (including phenoxy) is 1. The van der Waals surface area contributed by atoms with Crippen molar-refractivity contribution in [2.24, 2.45) is 5.92 Å². The van der Waals surface area contributed by atoms with Gasteiger partial charge in [0.25, 0.3) is 0 Å². The molecule has 1 heterocycles. The van der Waals surface area contributed by atoms with Gasteiger partial charge in [-0.05, 0) is 44.6 Å². The smallest absolute Gasteiger partial charge is 0.215 e. The van der Waals surface area contributed by atoms with Crippen LogP contribution in [0.2, 0.25) is 0 Å². The minimum Gasteiger partial charge on any atom is -0.474 e. The van der Waals surface area contributed by atoms with Crippen molar-refractivity contribution in [3.63, 3.8) is 0 Å². The summed E-state index contributed by atoms with van der Waals surface area (Å²) in [6.07, 6.45) is 6.32. The van der Waals surface area contributed by atoms with Crippen molar-refractivity contribution in [2.45, 2.75) is 52.1 Å². The summed E-state index contributed by atoms with van der Waals surface area (Å²) in [5.74, 6) is 1.24. The topological polar surface area (TPSA) is 45.9 Å². The Morgan fingerprint density at radius 1 is 1.39 bits per heavy atom. The third kappa shape index (κ3) is 3.01. The molecular formula is C15H20N2O. The summed E-state index contributed by atoms with van der Waals surface area (Å²) in [6.45, 7) is 4.11. The van der Waals surface area contributed by atoms with E-state index in [1.165, 1.54) is 19.3 Å². The van der Waals surface area contributed by atoms with Crippen LogP contribution in [-0.2, 0) is 0 Å². The normalized spacial score (nSPS) is 23.4. The van der Waals surface area contributed by atoms with Crippen LogP contribution in [-0.4, -0.2) is 11.1 Å². The van der Waals surface area contributed by atoms with Crippen LogP contribution >= 0.6 is 0 Å². The van der Waals surface area contributed by atoms with Gasteiger partial charge in [-0.15, -0.1) is 0 Å². The molecule has 2 rings (SSSR count). The fourth-order valence-electron chi connectivity index (χ4n) is 2.71. The molecule has 0 aromatic carbocycles. The molecule has 18 heavy (non-hydrogen) atoms. The molecule has 1 aliphatic carbocycles. The minimum atomic E-state index is 0.268. The van der Waals surface area contributed by atoms with Gasteiger partial charge in [0.15, 0.2) is 0 Å². The average Bonchev–Trinajstić information content (AvgIpc) is 2.38. The highest BCUT2D eigenvalue weighted by Crippen LogP contribution is 2.30. The highest BCUT2D eigenvalue weighted by Gasteiger charge is 2.25. The van der Waals surface area contributed by atoms with Gasteiger partial charge in [-0.2, -0.15) is 5.26 Å². The highest BCUT2D eigenvalue weighted by molar-refractivity contribution is 5.34. The molecule has 0 saturated heterocycles. The number of aromatic nitrogens is 1. The first-order valence-electron chi connectivity index (χ1n) is 6.78. The van der Waals surface area contributed by atoms with E-state index in [1.54, 1.807) is 12.1 Å². The maximum absolute atomic E-state index is 8.96. The Labute approximate surface area is 109 Å². The lowest BCUT2D eigenvalue weighted by Gasteiger charge is -2.30. The molecule has 0 aliphatic heterocycles. The maximum atomic E-state index is 8.96. The van der Waals surface area contributed by atoms with Crippen molar-refractivity contribution < 1.29 is 4.74 Å². The molecule has 2 unspecified atom stereocenters. The van der Waals surface area contributed by atoms with E-state index in [2.05, 4.69) is 18.0 Å². The second-order valence-electron chi connectivity index (χ2n) is 5.06. The zero-order valence-corrected chi connectivity index (χ0v) is 11.1. The Bertz CT molecular complexity index is 450. The third-order valence-corrected chi connectivity index (χ3v) is 3.69. The van der Waals surface area contributed by atoms with Gasteiger partial charge >= 0.3 is 0 Å². The van der Waals surface area contributed by atoms with Crippen molar-refractivity contribution in [1.29, 1.82) is 5.26 Å². The number of hydrogen-bond acceptors (Lipinski definition) is 3. The Kier molecular flexibility index (Phi) is 4.19. The van der Waals surface area contributed by atoms with E-state index < -0.39 is 0 Å². The molecular weight excluding hydrogens is 224 g/mol. The summed E-state index contributed by atoms with van der Waals surface area (Å²) in [4.78, 5) is 4.37. The first-order chi connectivity index (χ1) is 8.72. The van der Waals surface area contributed by atoms with Crippen LogP contribution in [0.4, 0.5) is 0 Å². The van der Waals surface area contributed by atoms with Crippen LogP contribution in [0, 0.1) is 24.2 Å². The van der Waals surface area contributed by atoms with Crippen LogP contribution in [0.25, 0.3) is 0 Å². The first kappa shape index (κ1) is 12.9. The lowest BCUT2D eigenvalue weighted by molar-refractivity contribution is 0.0857. The summed E-state index contributed by atoms with van der Waals surface area (Å²) in [5.41, 5.74) is 1.47. The standard InChI is InChI=1S/C15H20N2O/c1-3-13-6-4-5-7-14(13)18-15-9-12(10-16)8-11(2)17-15/h8-9,13-14H,3-7H2,1-2H3. The van der Waals surface area contributed by atoms with E-state index >= 15 is 0 Å². The summed E-state index contributed by atoms with van der Waals surface area (Å²) < 4.78 is 6.02. The van der Waals surface area contributed by atoms with E-state index in [-0.39, 0.29) is 6.10 Å². The summed E-state index contributed by atoms with van der Waals surface area (Å²) in [7, 11) is 0. The second kappa shape index (κ2) is 5.86. The molecule has 1 aliphatic rings. The molecule has 0 amide bonds. The molecule has 2 atom stereocenters. The number of pyridine rings is 1. The van der Waals surface area contributed by atoms with Crippen LogP contribution < -0.4 is 4.74 Å². The van der Waals surface area contributed by atoms with Gasteiger partial charge in [0.1, 0.15) is 6.10 Å². The van der Waals surface area contributed by atoms with Gasteiger partial charge in [-0.3, -0.25) is 0 Å². The Hall–Kier alpha value is -1.56. The predicted octanol–water partition coefficient (Wildman–Crippen LogP) is 3.61. The van der Waals surface area contributed by atoms with Crippen LogP contribution in [0.5, 0.6) is 5.88 Å². The van der Waals surface area contributed by atoms with E-state index in [0.717, 1.165) is 18.5 Å². The molecule has 3 heteroatoms. The molecule has 0 radical (unpaired) electrons. The predicted molar refractivity (Wildman–Crippen MR) is 70.4 cm³/mol. The lowest BCUT2D eigenvalue weighted by atomic mass is 9.85. The second-order valence-corrected chi connectivity index (χ2v) is 5.06.